The van der Waals surface area contributed by atoms with Crippen LogP contribution < -0.4 is 5.32 Å². The van der Waals surface area contributed by atoms with E-state index in [0.29, 0.717) is 16.0 Å². The molecule has 2 aromatic carbocycles. The van der Waals surface area contributed by atoms with Crippen molar-refractivity contribution in [3.8, 4) is 0 Å². The molecule has 5 nitrogen and oxygen atoms in total. The average Bonchev–Trinajstić information content (AvgIpc) is 3.45. The Kier molecular flexibility index (Phi) is 5.00. The Morgan fingerprint density at radius 3 is 2.61 bits per heavy atom. The molecule has 1 saturated heterocycles. The lowest BCUT2D eigenvalue weighted by molar-refractivity contribution is -0.123. The van der Waals surface area contributed by atoms with Gasteiger partial charge in [0.25, 0.3) is 17.1 Å². The van der Waals surface area contributed by atoms with Gasteiger partial charge in [-0.2, -0.15) is 0 Å². The number of imide groups is 1. The van der Waals surface area contributed by atoms with Crippen LogP contribution in [0.25, 0.3) is 6.08 Å². The Balaban J connectivity index is 1.46. The molecule has 0 aromatic heterocycles. The van der Waals surface area contributed by atoms with E-state index in [1.165, 1.54) is 12.1 Å². The van der Waals surface area contributed by atoms with E-state index in [2.05, 4.69) is 5.32 Å². The molecular formula is C21H17FN2O3S. The summed E-state index contributed by atoms with van der Waals surface area (Å²) in [4.78, 5) is 38.2. The topological polar surface area (TPSA) is 66.5 Å². The highest BCUT2D eigenvalue weighted by Gasteiger charge is 2.35. The molecule has 4 rings (SSSR count). The van der Waals surface area contributed by atoms with E-state index < -0.39 is 11.7 Å². The lowest BCUT2D eigenvalue weighted by atomic mass is 10.1. The maximum absolute atomic E-state index is 13.3. The van der Waals surface area contributed by atoms with E-state index >= 15 is 0 Å². The third-order valence-electron chi connectivity index (χ3n) is 4.49. The largest absolute Gasteiger partial charge is 0.349 e. The van der Waals surface area contributed by atoms with Gasteiger partial charge in [-0.15, -0.1) is 0 Å². The van der Waals surface area contributed by atoms with Gasteiger partial charge in [0.05, 0.1) is 11.4 Å². The van der Waals surface area contributed by atoms with Crippen LogP contribution in [0.3, 0.4) is 0 Å². The van der Waals surface area contributed by atoms with Crippen molar-refractivity contribution >= 4 is 34.9 Å². The number of amides is 3. The number of nitrogens with zero attached hydrogens (tertiary/aromatic N) is 1. The molecule has 1 heterocycles. The molecule has 0 radical (unpaired) electrons. The summed E-state index contributed by atoms with van der Waals surface area (Å²) in [5, 5.41) is 2.53. The Hall–Kier alpha value is -2.93. The van der Waals surface area contributed by atoms with Crippen LogP contribution >= 0.6 is 11.8 Å². The first kappa shape index (κ1) is 18.4. The highest BCUT2D eigenvalue weighted by molar-refractivity contribution is 8.18. The molecule has 7 heteroatoms. The first-order chi connectivity index (χ1) is 13.5. The van der Waals surface area contributed by atoms with Gasteiger partial charge in [-0.3, -0.25) is 19.3 Å². The van der Waals surface area contributed by atoms with Gasteiger partial charge in [0.15, 0.2) is 0 Å². The van der Waals surface area contributed by atoms with Crippen molar-refractivity contribution in [2.45, 2.75) is 25.4 Å². The zero-order chi connectivity index (χ0) is 19.7. The Bertz CT molecular complexity index is 983. The van der Waals surface area contributed by atoms with Crippen LogP contribution in [0.15, 0.2) is 53.4 Å². The van der Waals surface area contributed by atoms with Gasteiger partial charge in [0, 0.05) is 11.6 Å². The predicted molar refractivity (Wildman–Crippen MR) is 105 cm³/mol. The highest BCUT2D eigenvalue weighted by atomic mass is 32.2. The SMILES string of the molecule is O=C(NC1CC1)c1ccc(/C=C2\SC(=O)N(Cc3cccc(F)c3)C2=O)cc1. The second-order valence-electron chi connectivity index (χ2n) is 6.77. The second kappa shape index (κ2) is 7.59. The molecule has 0 spiro atoms. The smallest absolute Gasteiger partial charge is 0.293 e. The minimum absolute atomic E-state index is 0.0278. The summed E-state index contributed by atoms with van der Waals surface area (Å²) in [6.45, 7) is 0.0278. The van der Waals surface area contributed by atoms with Crippen LogP contribution in [-0.4, -0.2) is 28.0 Å². The minimum Gasteiger partial charge on any atom is -0.349 e. The standard InChI is InChI=1S/C21H17FN2O3S/c22-16-3-1-2-14(10-16)12-24-20(26)18(28-21(24)27)11-13-4-6-15(7-5-13)19(25)23-17-8-9-17/h1-7,10-11,17H,8-9,12H2,(H,23,25)/b18-11-. The molecule has 0 atom stereocenters. The zero-order valence-electron chi connectivity index (χ0n) is 14.9. The monoisotopic (exact) mass is 396 g/mol. The number of carbonyl (C=O) groups excluding carboxylic acids is 3. The minimum atomic E-state index is -0.411. The van der Waals surface area contributed by atoms with E-state index in [4.69, 9.17) is 0 Å². The third-order valence-corrected chi connectivity index (χ3v) is 5.39. The van der Waals surface area contributed by atoms with Crippen LogP contribution in [0.1, 0.15) is 34.3 Å². The zero-order valence-corrected chi connectivity index (χ0v) is 15.7. The maximum atomic E-state index is 13.3. The summed E-state index contributed by atoms with van der Waals surface area (Å²) >= 11 is 0.853. The van der Waals surface area contributed by atoms with Crippen molar-refractivity contribution in [2.24, 2.45) is 0 Å². The number of hydrogen-bond donors (Lipinski definition) is 1. The fourth-order valence-corrected chi connectivity index (χ4v) is 3.67. The second-order valence-corrected chi connectivity index (χ2v) is 7.76. The fraction of sp³-hybridized carbons (Fsp3) is 0.190. The number of nitrogens with one attached hydrogen (secondary N) is 1. The first-order valence-corrected chi connectivity index (χ1v) is 9.72. The Morgan fingerprint density at radius 1 is 1.18 bits per heavy atom. The van der Waals surface area contributed by atoms with Crippen molar-refractivity contribution < 1.29 is 18.8 Å². The van der Waals surface area contributed by atoms with Gasteiger partial charge < -0.3 is 5.32 Å². The summed E-state index contributed by atoms with van der Waals surface area (Å²) < 4.78 is 13.3. The van der Waals surface area contributed by atoms with E-state index in [-0.39, 0.29) is 23.7 Å². The van der Waals surface area contributed by atoms with Crippen LogP contribution in [0.5, 0.6) is 0 Å². The highest BCUT2D eigenvalue weighted by Crippen LogP contribution is 2.33. The summed E-state index contributed by atoms with van der Waals surface area (Å²) in [6, 6.07) is 13.0. The van der Waals surface area contributed by atoms with E-state index in [1.54, 1.807) is 42.5 Å². The lowest BCUT2D eigenvalue weighted by Crippen LogP contribution is -2.27. The number of carbonyl (C=O) groups is 3. The molecule has 2 fully saturated rings. The molecule has 2 aromatic rings. The van der Waals surface area contributed by atoms with Crippen molar-refractivity contribution in [1.29, 1.82) is 0 Å². The number of benzene rings is 2. The Morgan fingerprint density at radius 2 is 1.93 bits per heavy atom. The van der Waals surface area contributed by atoms with Crippen LogP contribution in [0.4, 0.5) is 9.18 Å². The predicted octanol–water partition coefficient (Wildman–Crippen LogP) is 3.95. The number of rotatable bonds is 5. The molecule has 1 N–H and O–H groups in total. The maximum Gasteiger partial charge on any atom is 0.293 e. The van der Waals surface area contributed by atoms with Crippen LogP contribution in [0.2, 0.25) is 0 Å². The lowest BCUT2D eigenvalue weighted by Gasteiger charge is -2.12. The first-order valence-electron chi connectivity index (χ1n) is 8.90. The van der Waals surface area contributed by atoms with E-state index in [1.807, 2.05) is 0 Å². The van der Waals surface area contributed by atoms with E-state index in [0.717, 1.165) is 35.1 Å². The molecule has 28 heavy (non-hydrogen) atoms. The summed E-state index contributed by atoms with van der Waals surface area (Å²) in [7, 11) is 0. The molecule has 0 unspecified atom stereocenters. The van der Waals surface area contributed by atoms with Crippen LogP contribution in [-0.2, 0) is 11.3 Å². The van der Waals surface area contributed by atoms with Gasteiger partial charge >= 0.3 is 0 Å². The molecule has 142 valence electrons. The number of thioether (sulfide) groups is 1. The quantitative estimate of drug-likeness (QED) is 0.777. The summed E-state index contributed by atoms with van der Waals surface area (Å²) in [5.74, 6) is -0.926. The molecule has 1 saturated carbocycles. The fourth-order valence-electron chi connectivity index (χ4n) is 2.83. The third kappa shape index (κ3) is 4.14. The van der Waals surface area contributed by atoms with Crippen molar-refractivity contribution in [3.63, 3.8) is 0 Å². The molecule has 2 aliphatic rings. The van der Waals surface area contributed by atoms with Gasteiger partial charge in [-0.05, 0) is 66.1 Å². The molecule has 1 aliphatic heterocycles. The average molecular weight is 396 g/mol. The normalized spacial score (nSPS) is 18.0. The van der Waals surface area contributed by atoms with Gasteiger partial charge in [0.2, 0.25) is 0 Å². The van der Waals surface area contributed by atoms with Gasteiger partial charge in [0.1, 0.15) is 5.82 Å². The molecule has 3 amide bonds. The molecule has 0 bridgehead atoms. The van der Waals surface area contributed by atoms with Gasteiger partial charge in [-0.25, -0.2) is 4.39 Å². The summed E-state index contributed by atoms with van der Waals surface area (Å²) in [5.41, 5.74) is 1.83. The van der Waals surface area contributed by atoms with Crippen molar-refractivity contribution in [2.75, 3.05) is 0 Å². The van der Waals surface area contributed by atoms with Crippen molar-refractivity contribution in [1.82, 2.24) is 10.2 Å². The van der Waals surface area contributed by atoms with E-state index in [9.17, 15) is 18.8 Å². The summed E-state index contributed by atoms with van der Waals surface area (Å²) in [6.07, 6.45) is 3.67. The molecule has 1 aliphatic carbocycles. The van der Waals surface area contributed by atoms with Gasteiger partial charge in [-0.1, -0.05) is 24.3 Å². The Labute approximate surface area is 165 Å². The number of halogens is 1. The molecular weight excluding hydrogens is 379 g/mol. The number of hydrogen-bond acceptors (Lipinski definition) is 4. The van der Waals surface area contributed by atoms with Crippen molar-refractivity contribution in [3.05, 3.63) is 75.9 Å². The van der Waals surface area contributed by atoms with Crippen LogP contribution in [0, 0.1) is 5.82 Å².